The van der Waals surface area contributed by atoms with Crippen molar-refractivity contribution < 1.29 is 27.4 Å². The highest BCUT2D eigenvalue weighted by Gasteiger charge is 2.34. The zero-order chi connectivity index (χ0) is 25.2. The Morgan fingerprint density at radius 1 is 1.17 bits per heavy atom. The number of sulfonamides is 1. The molecule has 3 heterocycles. The number of nitrogens with zero attached hydrogens (tertiary/aromatic N) is 5. The Kier molecular flexibility index (Phi) is 6.98. The molecule has 1 aliphatic heterocycles. The topological polar surface area (TPSA) is 147 Å². The number of ketones is 1. The Balaban J connectivity index is 1.77. The van der Waals surface area contributed by atoms with Gasteiger partial charge in [-0.2, -0.15) is 0 Å². The highest BCUT2D eigenvalue weighted by Crippen LogP contribution is 2.38. The summed E-state index contributed by atoms with van der Waals surface area (Å²) in [5, 5.41) is 6.89. The number of anilines is 1. The second-order valence-corrected chi connectivity index (χ2v) is 10.0. The number of methoxy groups -OCH3 is 2. The van der Waals surface area contributed by atoms with Gasteiger partial charge in [0.15, 0.2) is 5.82 Å². The maximum absolute atomic E-state index is 13.2. The number of hydrogen-bond donors (Lipinski definition) is 1. The zero-order valence-corrected chi connectivity index (χ0v) is 20.6. The number of Topliss-reactive ketones (excluding diaryl/α,β-unsaturated/α-hetero) is 1. The van der Waals surface area contributed by atoms with E-state index in [-0.39, 0.29) is 17.7 Å². The van der Waals surface area contributed by atoms with Gasteiger partial charge in [0, 0.05) is 24.9 Å². The van der Waals surface area contributed by atoms with Crippen LogP contribution in [0, 0.1) is 6.92 Å². The highest BCUT2D eigenvalue weighted by atomic mass is 32.2. The molecule has 2 atom stereocenters. The number of rotatable bonds is 9. The van der Waals surface area contributed by atoms with Gasteiger partial charge in [-0.1, -0.05) is 6.07 Å². The predicted octanol–water partition coefficient (Wildman–Crippen LogP) is 1.90. The lowest BCUT2D eigenvalue weighted by Crippen LogP contribution is -2.34. The lowest BCUT2D eigenvalue weighted by molar-refractivity contribution is 0.0981. The average Bonchev–Trinajstić information content (AvgIpc) is 3.52. The monoisotopic (exact) mass is 502 g/mol. The molecule has 2 aromatic heterocycles. The molecule has 0 saturated carbocycles. The first kappa shape index (κ1) is 24.5. The molecule has 0 spiro atoms. The summed E-state index contributed by atoms with van der Waals surface area (Å²) in [6.07, 6.45) is 3.59. The number of nitrogens with one attached hydrogen (secondary N) is 1. The molecule has 1 aromatic carbocycles. The Morgan fingerprint density at radius 2 is 1.83 bits per heavy atom. The number of hydrogen-bond acceptors (Lipinski definition) is 10. The smallest absolute Gasteiger partial charge is 0.245 e. The Labute approximate surface area is 202 Å². The summed E-state index contributed by atoms with van der Waals surface area (Å²) < 4.78 is 47.0. The minimum atomic E-state index is -4.27. The molecule has 1 saturated heterocycles. The van der Waals surface area contributed by atoms with Gasteiger partial charge in [0.1, 0.15) is 28.3 Å². The molecule has 3 aromatic rings. The molecule has 1 fully saturated rings. The van der Waals surface area contributed by atoms with Crippen LogP contribution in [-0.4, -0.2) is 71.6 Å². The maximum atomic E-state index is 13.2. The minimum absolute atomic E-state index is 0.112. The van der Waals surface area contributed by atoms with E-state index in [0.29, 0.717) is 42.6 Å². The first-order valence-electron chi connectivity index (χ1n) is 10.9. The van der Waals surface area contributed by atoms with E-state index in [9.17, 15) is 13.2 Å². The Hall–Kier alpha value is -3.58. The number of benzene rings is 1. The minimum Gasteiger partial charge on any atom is -0.494 e. The van der Waals surface area contributed by atoms with Gasteiger partial charge in [-0.25, -0.2) is 18.4 Å². The van der Waals surface area contributed by atoms with Gasteiger partial charge in [-0.05, 0) is 38.0 Å². The third-order valence-electron chi connectivity index (χ3n) is 5.68. The summed E-state index contributed by atoms with van der Waals surface area (Å²) in [6.45, 7) is 3.98. The molecule has 12 nitrogen and oxygen atoms in total. The van der Waals surface area contributed by atoms with E-state index in [2.05, 4.69) is 24.9 Å². The van der Waals surface area contributed by atoms with Crippen molar-refractivity contribution in [2.75, 3.05) is 32.2 Å². The molecule has 4 rings (SSSR count). The molecule has 0 aliphatic carbocycles. The van der Waals surface area contributed by atoms with Gasteiger partial charge in [-0.15, -0.1) is 10.2 Å². The van der Waals surface area contributed by atoms with Crippen molar-refractivity contribution >= 4 is 21.8 Å². The van der Waals surface area contributed by atoms with Crippen LogP contribution in [0.3, 0.4) is 0 Å². The molecule has 13 heteroatoms. The predicted molar refractivity (Wildman–Crippen MR) is 126 cm³/mol. The van der Waals surface area contributed by atoms with E-state index < -0.39 is 21.1 Å². The van der Waals surface area contributed by atoms with E-state index in [4.69, 9.17) is 14.2 Å². The maximum Gasteiger partial charge on any atom is 0.245 e. The number of carbonyl (C=O) groups excluding carboxylic acids is 1. The Bertz CT molecular complexity index is 1300. The quantitative estimate of drug-likeness (QED) is 0.430. The molecule has 186 valence electrons. The third kappa shape index (κ3) is 4.82. The molecule has 1 N–H and O–H groups in total. The summed E-state index contributed by atoms with van der Waals surface area (Å²) in [7, 11) is -1.28. The van der Waals surface area contributed by atoms with Crippen molar-refractivity contribution in [2.45, 2.75) is 31.4 Å². The van der Waals surface area contributed by atoms with E-state index in [1.165, 1.54) is 38.1 Å². The number of aryl methyl sites for hydroxylation is 1. The average molecular weight is 503 g/mol. The molecule has 1 aliphatic rings. The molecular formula is C22H26N6O6S. The molecule has 35 heavy (non-hydrogen) atoms. The van der Waals surface area contributed by atoms with Gasteiger partial charge < -0.3 is 14.2 Å². The van der Waals surface area contributed by atoms with Crippen LogP contribution >= 0.6 is 0 Å². The van der Waals surface area contributed by atoms with Crippen LogP contribution in [0.25, 0.3) is 5.69 Å². The van der Waals surface area contributed by atoms with Crippen molar-refractivity contribution in [1.82, 2.24) is 24.7 Å². The number of para-hydroxylation sites is 1. The normalized spacial score (nSPS) is 16.6. The second kappa shape index (κ2) is 9.96. The molecule has 0 amide bonds. The molecule has 0 radical (unpaired) electrons. The van der Waals surface area contributed by atoms with Crippen LogP contribution in [0.5, 0.6) is 11.5 Å². The van der Waals surface area contributed by atoms with Crippen LogP contribution in [0.1, 0.15) is 41.3 Å². The fourth-order valence-electron chi connectivity index (χ4n) is 3.70. The van der Waals surface area contributed by atoms with Crippen LogP contribution in [0.4, 0.5) is 5.95 Å². The number of carbonyl (C=O) groups is 1. The second-order valence-electron chi connectivity index (χ2n) is 8.03. The molecular weight excluding hydrogens is 476 g/mol. The van der Waals surface area contributed by atoms with Crippen LogP contribution in [0.2, 0.25) is 0 Å². The summed E-state index contributed by atoms with van der Waals surface area (Å²) >= 11 is 0. The first-order chi connectivity index (χ1) is 16.8. The van der Waals surface area contributed by atoms with Crippen molar-refractivity contribution in [3.63, 3.8) is 0 Å². The fraction of sp³-hybridized carbons (Fsp3) is 0.409. The summed E-state index contributed by atoms with van der Waals surface area (Å²) in [6, 6.07) is 5.17. The van der Waals surface area contributed by atoms with E-state index >= 15 is 0 Å². The zero-order valence-electron chi connectivity index (χ0n) is 19.8. The van der Waals surface area contributed by atoms with Gasteiger partial charge in [0.2, 0.25) is 21.8 Å². The SMILES string of the molecule is COc1cccc(OC)c1-n1c(NS(=O)(=O)[C@@H](C)C(=O)c2ncc(C)cn2)nnc1[C@@H]1CCOC1. The third-order valence-corrected chi connectivity index (χ3v) is 7.29. The standard InChI is InChI=1S/C22H26N6O6S/c1-13-10-23-20(24-11-13)19(29)14(2)35(30,31)27-22-26-25-21(15-8-9-34-12-15)28(22)18-16(32-3)6-5-7-17(18)33-4/h5-7,10-11,14-15H,8-9,12H2,1-4H3,(H,26,27)/t14-,15+/m0/s1. The van der Waals surface area contributed by atoms with Crippen molar-refractivity contribution in [1.29, 1.82) is 0 Å². The molecule has 0 unspecified atom stereocenters. The summed E-state index contributed by atoms with van der Waals surface area (Å²) in [4.78, 5) is 20.7. The lowest BCUT2D eigenvalue weighted by atomic mass is 10.1. The summed E-state index contributed by atoms with van der Waals surface area (Å²) in [5.74, 6) is 0.135. The van der Waals surface area contributed by atoms with Crippen LogP contribution in [-0.2, 0) is 14.8 Å². The van der Waals surface area contributed by atoms with Gasteiger partial charge in [-0.3, -0.25) is 14.1 Å². The van der Waals surface area contributed by atoms with Gasteiger partial charge >= 0.3 is 0 Å². The van der Waals surface area contributed by atoms with E-state index in [1.54, 1.807) is 25.1 Å². The van der Waals surface area contributed by atoms with Gasteiger partial charge in [0.25, 0.3) is 0 Å². The fourth-order valence-corrected chi connectivity index (χ4v) is 4.65. The number of aromatic nitrogens is 5. The van der Waals surface area contributed by atoms with Crippen molar-refractivity contribution in [2.24, 2.45) is 0 Å². The highest BCUT2D eigenvalue weighted by molar-refractivity contribution is 7.94. The van der Waals surface area contributed by atoms with E-state index in [1.807, 2.05) is 0 Å². The van der Waals surface area contributed by atoms with Crippen molar-refractivity contribution in [3.8, 4) is 17.2 Å². The van der Waals surface area contributed by atoms with Crippen LogP contribution in [0.15, 0.2) is 30.6 Å². The lowest BCUT2D eigenvalue weighted by Gasteiger charge is -2.19. The largest absolute Gasteiger partial charge is 0.494 e. The Morgan fingerprint density at radius 3 is 2.40 bits per heavy atom. The first-order valence-corrected chi connectivity index (χ1v) is 12.4. The molecule has 0 bridgehead atoms. The summed E-state index contributed by atoms with van der Waals surface area (Å²) in [5.41, 5.74) is 1.17. The van der Waals surface area contributed by atoms with Crippen molar-refractivity contribution in [3.05, 3.63) is 47.8 Å². The van der Waals surface area contributed by atoms with Gasteiger partial charge in [0.05, 0.1) is 20.8 Å². The number of ether oxygens (including phenoxy) is 3. The van der Waals surface area contributed by atoms with Crippen LogP contribution < -0.4 is 14.2 Å². The van der Waals surface area contributed by atoms with E-state index in [0.717, 1.165) is 5.56 Å².